The largest absolute Gasteiger partial charge is 0.480 e. The van der Waals surface area contributed by atoms with Crippen LogP contribution in [0.15, 0.2) is 42.5 Å². The van der Waals surface area contributed by atoms with Crippen molar-refractivity contribution in [2.24, 2.45) is 11.8 Å². The van der Waals surface area contributed by atoms with Crippen molar-refractivity contribution in [3.8, 4) is 0 Å². The molecule has 7 nitrogen and oxygen atoms in total. The molecule has 0 radical (unpaired) electrons. The Balaban J connectivity index is 0.00000288. The number of carboxylic acids is 1. The lowest BCUT2D eigenvalue weighted by Gasteiger charge is -2.39. The van der Waals surface area contributed by atoms with Crippen molar-refractivity contribution in [3.05, 3.63) is 71.0 Å². The summed E-state index contributed by atoms with van der Waals surface area (Å²) in [6.45, 7) is 6.63. The molecule has 0 bridgehead atoms. The van der Waals surface area contributed by atoms with Crippen molar-refractivity contribution in [3.63, 3.8) is 0 Å². The van der Waals surface area contributed by atoms with Crippen molar-refractivity contribution < 1.29 is 32.6 Å². The van der Waals surface area contributed by atoms with Crippen LogP contribution in [-0.4, -0.2) is 70.8 Å². The molecule has 12 heteroatoms. The third kappa shape index (κ3) is 9.08. The summed E-state index contributed by atoms with van der Waals surface area (Å²) in [5.41, 5.74) is 1.24. The zero-order chi connectivity index (χ0) is 31.4. The van der Waals surface area contributed by atoms with Gasteiger partial charge in [0.15, 0.2) is 11.6 Å². The first-order valence-electron chi connectivity index (χ1n) is 15.9. The highest BCUT2D eigenvalue weighted by Crippen LogP contribution is 2.55. The maximum absolute atomic E-state index is 14.3. The first-order chi connectivity index (χ1) is 21.1. The number of hydrogen-bond donors (Lipinski definition) is 2. The predicted molar refractivity (Wildman–Crippen MR) is 175 cm³/mol. The molecule has 1 saturated heterocycles. The van der Waals surface area contributed by atoms with Gasteiger partial charge in [0, 0.05) is 37.8 Å². The number of rotatable bonds is 12. The topological polar surface area (TPSA) is 82.1 Å². The number of amides is 1. The first-order valence-corrected chi connectivity index (χ1v) is 15.9. The molecule has 5 rings (SSSR count). The van der Waals surface area contributed by atoms with E-state index in [0.29, 0.717) is 23.9 Å². The number of nitrogens with zero attached hydrogens (tertiary/aromatic N) is 2. The smallest absolute Gasteiger partial charge is 0.410 e. The number of nitrogens with one attached hydrogen (secondary N) is 1. The molecule has 1 heterocycles. The molecule has 46 heavy (non-hydrogen) atoms. The van der Waals surface area contributed by atoms with Crippen LogP contribution in [0.25, 0.3) is 0 Å². The monoisotopic (exact) mass is 687 g/mol. The Morgan fingerprint density at radius 1 is 1.07 bits per heavy atom. The van der Waals surface area contributed by atoms with Crippen molar-refractivity contribution in [1.82, 2.24) is 15.1 Å². The number of likely N-dealkylation sites (tertiary alicyclic amines) is 1. The molecule has 2 aromatic rings. The minimum atomic E-state index is -0.970. The zero-order valence-corrected chi connectivity index (χ0v) is 28.1. The number of carbonyl (C=O) groups is 2. The summed E-state index contributed by atoms with van der Waals surface area (Å²) in [6.07, 6.45) is 5.70. The average Bonchev–Trinajstić information content (AvgIpc) is 3.66. The van der Waals surface area contributed by atoms with Gasteiger partial charge in [-0.25, -0.2) is 18.0 Å². The van der Waals surface area contributed by atoms with Gasteiger partial charge in [-0.15, -0.1) is 24.8 Å². The highest BCUT2D eigenvalue weighted by Gasteiger charge is 2.54. The van der Waals surface area contributed by atoms with Crippen molar-refractivity contribution in [2.75, 3.05) is 26.2 Å². The second-order valence-electron chi connectivity index (χ2n) is 13.0. The number of ether oxygens (including phenoxy) is 1. The lowest BCUT2D eigenvalue weighted by atomic mass is 9.87. The van der Waals surface area contributed by atoms with Crippen LogP contribution >= 0.6 is 24.8 Å². The molecule has 0 spiro atoms. The lowest BCUT2D eigenvalue weighted by molar-refractivity contribution is -0.139. The molecule has 1 amide bonds. The molecule has 1 aliphatic heterocycles. The van der Waals surface area contributed by atoms with E-state index in [4.69, 9.17) is 4.74 Å². The molecular formula is C34H46Cl2F3N3O4. The van der Waals surface area contributed by atoms with E-state index in [1.165, 1.54) is 12.1 Å². The maximum Gasteiger partial charge on any atom is 0.410 e. The Bertz CT molecular complexity index is 1330. The number of hydrogen-bond acceptors (Lipinski definition) is 5. The summed E-state index contributed by atoms with van der Waals surface area (Å²) >= 11 is 0. The van der Waals surface area contributed by atoms with Gasteiger partial charge in [0.05, 0.1) is 0 Å². The van der Waals surface area contributed by atoms with Crippen molar-refractivity contribution >= 4 is 36.9 Å². The van der Waals surface area contributed by atoms with Crippen LogP contribution in [0.5, 0.6) is 0 Å². The number of carbonyl (C=O) groups excluding carboxylic acids is 1. The van der Waals surface area contributed by atoms with Gasteiger partial charge in [0.2, 0.25) is 0 Å². The SMILES string of the molecule is CCCN(C(=O)OCc1ccc(F)c(F)c1)C1CCN(C[C@H]2C[C@H](C3(N[C@@H](C)C(=O)O)CC3)C[C@@H]2c2cccc(F)c2)CC1.Cl.Cl. The fourth-order valence-corrected chi connectivity index (χ4v) is 7.49. The molecule has 2 N–H and O–H groups in total. The molecule has 4 atom stereocenters. The van der Waals surface area contributed by atoms with Crippen molar-refractivity contribution in [1.29, 1.82) is 0 Å². The van der Waals surface area contributed by atoms with Crippen LogP contribution in [0.1, 0.15) is 75.8 Å². The normalized spacial score (nSPS) is 23.1. The standard InChI is InChI=1S/C34H44F3N3O4.2ClH/c1-3-13-40(33(43)44-21-23-7-8-30(36)31(37)16-23)28-9-14-39(15-10-28)20-25-17-26(34(11-12-34)38-22(2)32(41)42)19-29(25)24-5-4-6-27(35)18-24;;/h4-8,16,18,22,25-26,28-29,38H,3,9-15,17,19-21H2,1-2H3,(H,41,42);2*1H/t22-,25+,26-,29+;;/m0../s1. The predicted octanol–water partition coefficient (Wildman–Crippen LogP) is 7.17. The van der Waals surface area contributed by atoms with E-state index in [0.717, 1.165) is 82.3 Å². The molecular weight excluding hydrogens is 642 g/mol. The van der Waals surface area contributed by atoms with Crippen molar-refractivity contribution in [2.45, 2.75) is 88.9 Å². The van der Waals surface area contributed by atoms with Crippen LogP contribution in [0, 0.1) is 29.3 Å². The minimum Gasteiger partial charge on any atom is -0.480 e. The van der Waals surface area contributed by atoms with Gasteiger partial charge in [-0.05, 0) is 105 Å². The molecule has 2 aliphatic carbocycles. The average molecular weight is 689 g/mol. The summed E-state index contributed by atoms with van der Waals surface area (Å²) in [5, 5.41) is 12.9. The van der Waals surface area contributed by atoms with Gasteiger partial charge in [0.25, 0.3) is 0 Å². The Hall–Kier alpha value is -2.53. The number of halogens is 5. The van der Waals surface area contributed by atoms with E-state index in [2.05, 4.69) is 10.2 Å². The summed E-state index contributed by atoms with van der Waals surface area (Å²) in [7, 11) is 0. The van der Waals surface area contributed by atoms with E-state index < -0.39 is 29.7 Å². The fraction of sp³-hybridized carbons (Fsp3) is 0.588. The Labute approximate surface area is 282 Å². The highest BCUT2D eigenvalue weighted by molar-refractivity contribution is 5.85. The molecule has 256 valence electrons. The van der Waals surface area contributed by atoms with Crippen LogP contribution < -0.4 is 5.32 Å². The minimum absolute atomic E-state index is 0. The Morgan fingerprint density at radius 3 is 2.39 bits per heavy atom. The summed E-state index contributed by atoms with van der Waals surface area (Å²) in [5.74, 6) is -2.17. The number of piperidine rings is 1. The maximum atomic E-state index is 14.3. The van der Waals surface area contributed by atoms with E-state index in [-0.39, 0.29) is 54.7 Å². The van der Waals surface area contributed by atoms with E-state index >= 15 is 0 Å². The molecule has 2 aromatic carbocycles. The number of benzene rings is 2. The Morgan fingerprint density at radius 2 is 1.78 bits per heavy atom. The lowest BCUT2D eigenvalue weighted by Crippen LogP contribution is -2.49. The molecule has 3 fully saturated rings. The zero-order valence-electron chi connectivity index (χ0n) is 26.4. The number of aliphatic carboxylic acids is 1. The van der Waals surface area contributed by atoms with Gasteiger partial charge < -0.3 is 19.6 Å². The van der Waals surface area contributed by atoms with Crippen LogP contribution in [0.4, 0.5) is 18.0 Å². The summed E-state index contributed by atoms with van der Waals surface area (Å²) in [6, 6.07) is 9.79. The first kappa shape index (κ1) is 37.9. The highest BCUT2D eigenvalue weighted by atomic mass is 35.5. The molecule has 3 aliphatic rings. The van der Waals surface area contributed by atoms with Gasteiger partial charge in [-0.3, -0.25) is 10.1 Å². The Kier molecular flexibility index (Phi) is 13.6. The van der Waals surface area contributed by atoms with Crippen LogP contribution in [0.3, 0.4) is 0 Å². The van der Waals surface area contributed by atoms with E-state index in [9.17, 15) is 27.9 Å². The summed E-state index contributed by atoms with van der Waals surface area (Å²) < 4.78 is 46.6. The number of carboxylic acid groups (broad SMARTS) is 1. The van der Waals surface area contributed by atoms with Gasteiger partial charge in [-0.1, -0.05) is 25.1 Å². The van der Waals surface area contributed by atoms with E-state index in [1.807, 2.05) is 13.0 Å². The molecule has 0 aromatic heterocycles. The van der Waals surface area contributed by atoms with Gasteiger partial charge in [0.1, 0.15) is 18.5 Å². The summed E-state index contributed by atoms with van der Waals surface area (Å²) in [4.78, 5) is 28.8. The third-order valence-electron chi connectivity index (χ3n) is 9.95. The second kappa shape index (κ2) is 16.5. The fourth-order valence-electron chi connectivity index (χ4n) is 7.49. The third-order valence-corrected chi connectivity index (χ3v) is 9.95. The second-order valence-corrected chi connectivity index (χ2v) is 13.0. The molecule has 0 unspecified atom stereocenters. The van der Waals surface area contributed by atoms with Crippen LogP contribution in [-0.2, 0) is 16.1 Å². The molecule has 2 saturated carbocycles. The van der Waals surface area contributed by atoms with E-state index in [1.54, 1.807) is 24.0 Å². The van der Waals surface area contributed by atoms with Gasteiger partial charge >= 0.3 is 12.1 Å². The quantitative estimate of drug-likeness (QED) is 0.246. The van der Waals surface area contributed by atoms with Crippen LogP contribution in [0.2, 0.25) is 0 Å². The van der Waals surface area contributed by atoms with Gasteiger partial charge in [-0.2, -0.15) is 0 Å².